The molecule has 0 aliphatic carbocycles. The minimum Gasteiger partial charge on any atom is -0.490 e. The van der Waals surface area contributed by atoms with Crippen molar-refractivity contribution in [2.45, 2.75) is 0 Å². The predicted molar refractivity (Wildman–Crippen MR) is 91.7 cm³/mol. The molecule has 0 heterocycles. The molecular weight excluding hydrogens is 332 g/mol. The second kappa shape index (κ2) is 8.33. The van der Waals surface area contributed by atoms with Crippen LogP contribution in [0.5, 0.6) is 5.75 Å². The highest BCUT2D eigenvalue weighted by Crippen LogP contribution is 2.25. The van der Waals surface area contributed by atoms with E-state index in [1.54, 1.807) is 31.4 Å². The van der Waals surface area contributed by atoms with Gasteiger partial charge in [0.1, 0.15) is 12.4 Å². The van der Waals surface area contributed by atoms with E-state index in [0.29, 0.717) is 35.2 Å². The van der Waals surface area contributed by atoms with Gasteiger partial charge in [-0.3, -0.25) is 9.59 Å². The average Bonchev–Trinajstić information content (AvgIpc) is 2.57. The molecule has 0 radical (unpaired) electrons. The lowest BCUT2D eigenvalue weighted by Gasteiger charge is -2.12. The lowest BCUT2D eigenvalue weighted by atomic mass is 10.1. The van der Waals surface area contributed by atoms with Crippen LogP contribution >= 0.6 is 11.6 Å². The standard InChI is InChI=1S/C17H17ClN2O4/c1-23-8-9-24-15-5-3-2-4-12(15)17(22)20-14-10-11(16(19)21)6-7-13(14)18/h2-7,10H,8-9H2,1H3,(H2,19,21)(H,20,22). The van der Waals surface area contributed by atoms with Crippen LogP contribution in [0.2, 0.25) is 5.02 Å². The second-order valence-corrected chi connectivity index (χ2v) is 5.26. The van der Waals surface area contributed by atoms with E-state index in [1.807, 2.05) is 0 Å². The van der Waals surface area contributed by atoms with Crippen molar-refractivity contribution in [2.75, 3.05) is 25.6 Å². The third kappa shape index (κ3) is 4.47. The average molecular weight is 349 g/mol. The van der Waals surface area contributed by atoms with Crippen molar-refractivity contribution < 1.29 is 19.1 Å². The van der Waals surface area contributed by atoms with Gasteiger partial charge < -0.3 is 20.5 Å². The number of anilines is 1. The Morgan fingerprint density at radius 3 is 2.62 bits per heavy atom. The lowest BCUT2D eigenvalue weighted by Crippen LogP contribution is -2.16. The van der Waals surface area contributed by atoms with E-state index in [2.05, 4.69) is 5.32 Å². The van der Waals surface area contributed by atoms with Crippen LogP contribution in [-0.2, 0) is 4.74 Å². The molecule has 2 amide bonds. The number of rotatable bonds is 7. The molecule has 0 aliphatic heterocycles. The van der Waals surface area contributed by atoms with Crippen molar-refractivity contribution in [3.63, 3.8) is 0 Å². The summed E-state index contributed by atoms with van der Waals surface area (Å²) in [5.74, 6) is -0.591. The molecule has 7 heteroatoms. The molecule has 0 spiro atoms. The maximum Gasteiger partial charge on any atom is 0.259 e. The number of ether oxygens (including phenoxy) is 2. The maximum absolute atomic E-state index is 12.5. The first-order chi connectivity index (χ1) is 11.5. The van der Waals surface area contributed by atoms with Gasteiger partial charge in [0.25, 0.3) is 5.91 Å². The Morgan fingerprint density at radius 1 is 1.17 bits per heavy atom. The van der Waals surface area contributed by atoms with Gasteiger partial charge in [-0.1, -0.05) is 23.7 Å². The number of carbonyl (C=O) groups is 2. The number of methoxy groups -OCH3 is 1. The molecule has 2 rings (SSSR count). The number of halogens is 1. The quantitative estimate of drug-likeness (QED) is 0.753. The fourth-order valence-electron chi connectivity index (χ4n) is 1.98. The first-order valence-corrected chi connectivity index (χ1v) is 7.52. The number of primary amides is 1. The van der Waals surface area contributed by atoms with E-state index in [-0.39, 0.29) is 5.56 Å². The molecule has 24 heavy (non-hydrogen) atoms. The largest absolute Gasteiger partial charge is 0.490 e. The van der Waals surface area contributed by atoms with Gasteiger partial charge >= 0.3 is 0 Å². The Bertz CT molecular complexity index is 749. The monoisotopic (exact) mass is 348 g/mol. The molecule has 6 nitrogen and oxygen atoms in total. The van der Waals surface area contributed by atoms with Crippen LogP contribution in [0.25, 0.3) is 0 Å². The number of hydrogen-bond donors (Lipinski definition) is 2. The van der Waals surface area contributed by atoms with E-state index in [1.165, 1.54) is 18.2 Å². The fraction of sp³-hybridized carbons (Fsp3) is 0.176. The van der Waals surface area contributed by atoms with Crippen molar-refractivity contribution in [1.82, 2.24) is 0 Å². The number of hydrogen-bond acceptors (Lipinski definition) is 4. The maximum atomic E-state index is 12.5. The van der Waals surface area contributed by atoms with Gasteiger partial charge in [-0.15, -0.1) is 0 Å². The summed E-state index contributed by atoms with van der Waals surface area (Å²) in [6, 6.07) is 11.2. The highest BCUT2D eigenvalue weighted by atomic mass is 35.5. The summed E-state index contributed by atoms with van der Waals surface area (Å²) in [5.41, 5.74) is 6.13. The van der Waals surface area contributed by atoms with Crippen LogP contribution in [0.3, 0.4) is 0 Å². The molecule has 0 aliphatic rings. The molecule has 3 N–H and O–H groups in total. The number of carbonyl (C=O) groups excluding carboxylic acids is 2. The van der Waals surface area contributed by atoms with Crippen LogP contribution in [0.1, 0.15) is 20.7 Å². The third-order valence-corrected chi connectivity index (χ3v) is 3.51. The van der Waals surface area contributed by atoms with E-state index < -0.39 is 11.8 Å². The number of amides is 2. The van der Waals surface area contributed by atoms with Crippen molar-refractivity contribution in [3.8, 4) is 5.75 Å². The van der Waals surface area contributed by atoms with Crippen molar-refractivity contribution in [2.24, 2.45) is 5.73 Å². The van der Waals surface area contributed by atoms with Gasteiger partial charge in [0.05, 0.1) is 22.9 Å². The third-order valence-electron chi connectivity index (χ3n) is 3.18. The van der Waals surface area contributed by atoms with Gasteiger partial charge in [-0.25, -0.2) is 0 Å². The summed E-state index contributed by atoms with van der Waals surface area (Å²) in [6.07, 6.45) is 0. The van der Waals surface area contributed by atoms with Crippen molar-refractivity contribution in [1.29, 1.82) is 0 Å². The zero-order valence-electron chi connectivity index (χ0n) is 13.0. The summed E-state index contributed by atoms with van der Waals surface area (Å²) in [7, 11) is 1.57. The molecule has 0 unspecified atom stereocenters. The van der Waals surface area contributed by atoms with Gasteiger partial charge in [-0.05, 0) is 30.3 Å². The fourth-order valence-corrected chi connectivity index (χ4v) is 2.14. The smallest absolute Gasteiger partial charge is 0.259 e. The molecule has 0 saturated heterocycles. The SMILES string of the molecule is COCCOc1ccccc1C(=O)Nc1cc(C(N)=O)ccc1Cl. The Hall–Kier alpha value is -2.57. The van der Waals surface area contributed by atoms with Gasteiger partial charge in [0.15, 0.2) is 0 Å². The molecule has 126 valence electrons. The molecule has 2 aromatic carbocycles. The van der Waals surface area contributed by atoms with Crippen LogP contribution < -0.4 is 15.8 Å². The minimum atomic E-state index is -0.606. The van der Waals surface area contributed by atoms with Crippen LogP contribution in [0.15, 0.2) is 42.5 Å². The number of nitrogens with one attached hydrogen (secondary N) is 1. The minimum absolute atomic E-state index is 0.249. The number of nitrogens with two attached hydrogens (primary N) is 1. The zero-order chi connectivity index (χ0) is 17.5. The molecule has 0 aromatic heterocycles. The number of para-hydroxylation sites is 1. The topological polar surface area (TPSA) is 90.7 Å². The number of benzene rings is 2. The van der Waals surface area contributed by atoms with E-state index in [9.17, 15) is 9.59 Å². The van der Waals surface area contributed by atoms with E-state index >= 15 is 0 Å². The summed E-state index contributed by atoms with van der Waals surface area (Å²) in [4.78, 5) is 23.8. The highest BCUT2D eigenvalue weighted by molar-refractivity contribution is 6.34. The summed E-state index contributed by atoms with van der Waals surface area (Å²) in [6.45, 7) is 0.723. The van der Waals surface area contributed by atoms with Gasteiger partial charge in [-0.2, -0.15) is 0 Å². The van der Waals surface area contributed by atoms with Gasteiger partial charge in [0.2, 0.25) is 5.91 Å². The van der Waals surface area contributed by atoms with Crippen LogP contribution in [0.4, 0.5) is 5.69 Å². The molecule has 2 aromatic rings. The molecule has 0 saturated carbocycles. The highest BCUT2D eigenvalue weighted by Gasteiger charge is 2.15. The lowest BCUT2D eigenvalue weighted by molar-refractivity contribution is 0.0994. The predicted octanol–water partition coefficient (Wildman–Crippen LogP) is 2.72. The van der Waals surface area contributed by atoms with E-state index in [0.717, 1.165) is 0 Å². The van der Waals surface area contributed by atoms with E-state index in [4.69, 9.17) is 26.8 Å². The van der Waals surface area contributed by atoms with Crippen LogP contribution in [-0.4, -0.2) is 32.1 Å². The first kappa shape index (κ1) is 17.8. The molecule has 0 fully saturated rings. The molecular formula is C17H17ClN2O4. The zero-order valence-corrected chi connectivity index (χ0v) is 13.8. The Balaban J connectivity index is 2.21. The molecule has 0 bridgehead atoms. The van der Waals surface area contributed by atoms with Gasteiger partial charge in [0, 0.05) is 12.7 Å². The Kier molecular flexibility index (Phi) is 6.17. The van der Waals surface area contributed by atoms with Crippen LogP contribution in [0, 0.1) is 0 Å². The summed E-state index contributed by atoms with van der Waals surface area (Å²) in [5, 5.41) is 2.96. The molecule has 0 atom stereocenters. The normalized spacial score (nSPS) is 10.2. The Labute approximate surface area is 144 Å². The Morgan fingerprint density at radius 2 is 1.92 bits per heavy atom. The first-order valence-electron chi connectivity index (χ1n) is 7.14. The van der Waals surface area contributed by atoms with Crippen molar-refractivity contribution >= 4 is 29.1 Å². The summed E-state index contributed by atoms with van der Waals surface area (Å²) >= 11 is 6.06. The second-order valence-electron chi connectivity index (χ2n) is 4.85. The van der Waals surface area contributed by atoms with Crippen molar-refractivity contribution in [3.05, 3.63) is 58.6 Å². The summed E-state index contributed by atoms with van der Waals surface area (Å²) < 4.78 is 10.5.